The molecular weight excluding hydrogens is 218 g/mol. The van der Waals surface area contributed by atoms with Gasteiger partial charge in [-0.3, -0.25) is 0 Å². The quantitative estimate of drug-likeness (QED) is 0.509. The molecule has 0 unspecified atom stereocenters. The molecule has 0 saturated heterocycles. The number of hydrogen-bond donors (Lipinski definition) is 0. The topological polar surface area (TPSA) is 0 Å². The third kappa shape index (κ3) is 2.67. The fourth-order valence-corrected chi connectivity index (χ4v) is 1.31. The first-order valence-corrected chi connectivity index (χ1v) is 4.05. The lowest BCUT2D eigenvalue weighted by atomic mass is 10.2. The van der Waals surface area contributed by atoms with Crippen molar-refractivity contribution in [2.45, 2.75) is 0 Å². The van der Waals surface area contributed by atoms with Gasteiger partial charge >= 0.3 is 0 Å². The van der Waals surface area contributed by atoms with Crippen molar-refractivity contribution < 1.29 is 4.39 Å². The largest absolute Gasteiger partial charge is 0.207 e. The molecule has 0 aliphatic heterocycles. The lowest BCUT2D eigenvalue weighted by Gasteiger charge is -1.98. The Kier molecular flexibility index (Phi) is 4.65. The Hall–Kier alpha value is -0.0800. The Labute approximate surface area is 73.2 Å². The molecule has 0 aromatic heterocycles. The van der Waals surface area contributed by atoms with Crippen LogP contribution in [0.15, 0.2) is 35.7 Å². The van der Waals surface area contributed by atoms with Gasteiger partial charge in [-0.25, -0.2) is 4.39 Å². The maximum atomic E-state index is 12.6. The van der Waals surface area contributed by atoms with Crippen molar-refractivity contribution in [1.29, 1.82) is 0 Å². The Bertz CT molecular complexity index is 184. The molecule has 0 aromatic carbocycles. The van der Waals surface area contributed by atoms with Crippen LogP contribution >= 0.6 is 27.5 Å². The molecule has 0 nitrogen and oxygen atoms in total. The Morgan fingerprint density at radius 1 is 1.70 bits per heavy atom. The van der Waals surface area contributed by atoms with Crippen LogP contribution in [0, 0.1) is 0 Å². The maximum absolute atomic E-state index is 12.6. The molecule has 0 aliphatic rings. The van der Waals surface area contributed by atoms with Crippen LogP contribution < -0.4 is 0 Å². The monoisotopic (exact) mass is 224 g/mol. The van der Waals surface area contributed by atoms with Crippen molar-refractivity contribution in [3.8, 4) is 0 Å². The van der Waals surface area contributed by atoms with E-state index in [1.807, 2.05) is 0 Å². The van der Waals surface area contributed by atoms with E-state index in [1.54, 1.807) is 0 Å². The van der Waals surface area contributed by atoms with Gasteiger partial charge in [-0.2, -0.15) is 0 Å². The first-order valence-electron chi connectivity index (χ1n) is 2.55. The van der Waals surface area contributed by atoms with Crippen molar-refractivity contribution >= 4 is 27.5 Å². The van der Waals surface area contributed by atoms with Gasteiger partial charge in [0.25, 0.3) is 0 Å². The van der Waals surface area contributed by atoms with Crippen LogP contribution in [0.2, 0.25) is 0 Å². The molecule has 0 atom stereocenters. The molecule has 0 N–H and O–H groups in total. The third-order valence-corrected chi connectivity index (χ3v) is 1.72. The molecule has 3 heteroatoms. The van der Waals surface area contributed by atoms with E-state index in [0.29, 0.717) is 10.9 Å². The van der Waals surface area contributed by atoms with Crippen molar-refractivity contribution in [3.63, 3.8) is 0 Å². The smallest absolute Gasteiger partial charge is 0.128 e. The average Bonchev–Trinajstić information content (AvgIpc) is 1.88. The standard InChI is InChI=1S/C7H7BrClF/c1-3-7(10)6(4-8)5(2)9/h3H,1-2,4H2/b7-6+. The molecule has 0 aromatic rings. The highest BCUT2D eigenvalue weighted by atomic mass is 79.9. The van der Waals surface area contributed by atoms with Gasteiger partial charge in [-0.1, -0.05) is 40.7 Å². The lowest BCUT2D eigenvalue weighted by molar-refractivity contribution is 0.659. The number of hydrogen-bond acceptors (Lipinski definition) is 0. The second-order valence-electron chi connectivity index (χ2n) is 1.57. The Morgan fingerprint density at radius 2 is 2.20 bits per heavy atom. The van der Waals surface area contributed by atoms with E-state index in [1.165, 1.54) is 0 Å². The summed E-state index contributed by atoms with van der Waals surface area (Å²) in [6.45, 7) is 6.64. The zero-order chi connectivity index (χ0) is 8.15. The highest BCUT2D eigenvalue weighted by molar-refractivity contribution is 9.09. The molecule has 0 aliphatic carbocycles. The summed E-state index contributed by atoms with van der Waals surface area (Å²) in [6.07, 6.45) is 1.10. The number of halogens is 3. The summed E-state index contributed by atoms with van der Waals surface area (Å²) in [4.78, 5) is 0. The zero-order valence-corrected chi connectivity index (χ0v) is 7.67. The van der Waals surface area contributed by atoms with Crippen molar-refractivity contribution in [3.05, 3.63) is 35.7 Å². The van der Waals surface area contributed by atoms with Gasteiger partial charge in [-0.15, -0.1) is 0 Å². The third-order valence-electron chi connectivity index (χ3n) is 0.929. The zero-order valence-electron chi connectivity index (χ0n) is 5.33. The summed E-state index contributed by atoms with van der Waals surface area (Å²) in [5.74, 6) is -0.433. The van der Waals surface area contributed by atoms with Gasteiger partial charge in [-0.05, 0) is 6.08 Å². The fraction of sp³-hybridized carbons (Fsp3) is 0.143. The van der Waals surface area contributed by atoms with Crippen molar-refractivity contribution in [1.82, 2.24) is 0 Å². The van der Waals surface area contributed by atoms with E-state index < -0.39 is 5.83 Å². The maximum Gasteiger partial charge on any atom is 0.128 e. The highest BCUT2D eigenvalue weighted by Crippen LogP contribution is 2.20. The van der Waals surface area contributed by atoms with Crippen molar-refractivity contribution in [2.75, 3.05) is 5.33 Å². The van der Waals surface area contributed by atoms with Crippen LogP contribution in [0.3, 0.4) is 0 Å². The predicted octanol–water partition coefficient (Wildman–Crippen LogP) is 3.54. The Morgan fingerprint density at radius 3 is 2.30 bits per heavy atom. The Balaban J connectivity index is 4.62. The summed E-state index contributed by atoms with van der Waals surface area (Å²) >= 11 is 8.51. The second kappa shape index (κ2) is 4.69. The molecule has 0 amide bonds. The molecule has 0 heterocycles. The van der Waals surface area contributed by atoms with Crippen LogP contribution in [0.25, 0.3) is 0 Å². The van der Waals surface area contributed by atoms with Crippen LogP contribution in [-0.2, 0) is 0 Å². The molecule has 0 rings (SSSR count). The predicted molar refractivity (Wildman–Crippen MR) is 47.1 cm³/mol. The molecule has 0 saturated carbocycles. The van der Waals surface area contributed by atoms with E-state index in [4.69, 9.17) is 11.6 Å². The van der Waals surface area contributed by atoms with Gasteiger partial charge in [0.15, 0.2) is 0 Å². The first kappa shape index (κ1) is 9.92. The van der Waals surface area contributed by atoms with E-state index in [9.17, 15) is 4.39 Å². The lowest BCUT2D eigenvalue weighted by Crippen LogP contribution is -1.85. The minimum atomic E-state index is -0.433. The van der Waals surface area contributed by atoms with E-state index in [0.717, 1.165) is 6.08 Å². The van der Waals surface area contributed by atoms with Gasteiger partial charge in [0.2, 0.25) is 0 Å². The van der Waals surface area contributed by atoms with Crippen molar-refractivity contribution in [2.24, 2.45) is 0 Å². The normalized spacial score (nSPS) is 12.3. The molecular formula is C7H7BrClF. The second-order valence-corrected chi connectivity index (χ2v) is 2.59. The van der Waals surface area contributed by atoms with Crippen LogP contribution in [-0.4, -0.2) is 5.33 Å². The average molecular weight is 225 g/mol. The minimum absolute atomic E-state index is 0.203. The number of allylic oxidation sites excluding steroid dienone is 4. The van der Waals surface area contributed by atoms with Crippen LogP contribution in [0.1, 0.15) is 0 Å². The molecule has 10 heavy (non-hydrogen) atoms. The summed E-state index contributed by atoms with van der Waals surface area (Å²) < 4.78 is 12.6. The van der Waals surface area contributed by atoms with Gasteiger partial charge in [0, 0.05) is 15.9 Å². The van der Waals surface area contributed by atoms with Crippen LogP contribution in [0.4, 0.5) is 4.39 Å². The minimum Gasteiger partial charge on any atom is -0.207 e. The summed E-state index contributed by atoms with van der Waals surface area (Å²) in [5, 5.41) is 0.557. The number of alkyl halides is 1. The molecule has 56 valence electrons. The van der Waals surface area contributed by atoms with Crippen LogP contribution in [0.5, 0.6) is 0 Å². The summed E-state index contributed by atoms with van der Waals surface area (Å²) in [6, 6.07) is 0. The SMILES string of the molecule is C=C/C(F)=C(/CBr)C(=C)Cl. The summed E-state index contributed by atoms with van der Waals surface area (Å²) in [7, 11) is 0. The van der Waals surface area contributed by atoms with E-state index in [2.05, 4.69) is 29.1 Å². The molecule has 0 bridgehead atoms. The molecule has 0 spiro atoms. The molecule has 0 fully saturated rings. The fourth-order valence-electron chi connectivity index (χ4n) is 0.389. The first-order chi connectivity index (χ1) is 4.63. The van der Waals surface area contributed by atoms with Gasteiger partial charge in [0.1, 0.15) is 5.83 Å². The summed E-state index contributed by atoms with van der Waals surface area (Å²) in [5.41, 5.74) is 0.344. The number of rotatable bonds is 3. The van der Waals surface area contributed by atoms with Gasteiger partial charge in [0.05, 0.1) is 0 Å². The van der Waals surface area contributed by atoms with Gasteiger partial charge < -0.3 is 0 Å². The van der Waals surface area contributed by atoms with E-state index >= 15 is 0 Å². The molecule has 0 radical (unpaired) electrons. The highest BCUT2D eigenvalue weighted by Gasteiger charge is 2.03. The van der Waals surface area contributed by atoms with E-state index in [-0.39, 0.29) is 5.03 Å².